The first kappa shape index (κ1) is 11.4. The van der Waals surface area contributed by atoms with Crippen LogP contribution >= 0.6 is 23.2 Å². The lowest BCUT2D eigenvalue weighted by Gasteiger charge is -2.07. The molecule has 76 valence electrons. The highest BCUT2D eigenvalue weighted by molar-refractivity contribution is 6.44. The Kier molecular flexibility index (Phi) is 3.45. The van der Waals surface area contributed by atoms with E-state index >= 15 is 0 Å². The van der Waals surface area contributed by atoms with Crippen LogP contribution in [0.5, 0.6) is 0 Å². The summed E-state index contributed by atoms with van der Waals surface area (Å²) < 4.78 is 24.6. The second-order valence-electron chi connectivity index (χ2n) is 2.69. The maximum Gasteiger partial charge on any atom is 0.265 e. The Morgan fingerprint density at radius 3 is 2.29 bits per heavy atom. The molecule has 0 saturated carbocycles. The van der Waals surface area contributed by atoms with E-state index in [-0.39, 0.29) is 27.0 Å². The summed E-state index contributed by atoms with van der Waals surface area (Å²) in [5.74, 6) is -0.308. The average Bonchev–Trinajstić information content (AvgIpc) is 2.08. The molecule has 0 unspecified atom stereocenters. The lowest BCUT2D eigenvalue weighted by Crippen LogP contribution is -1.96. The van der Waals surface area contributed by atoms with E-state index in [1.54, 1.807) is 0 Å². The summed E-state index contributed by atoms with van der Waals surface area (Å²) in [6.07, 6.45) is -2.69. The zero-order valence-electron chi connectivity index (χ0n) is 7.15. The second kappa shape index (κ2) is 4.24. The van der Waals surface area contributed by atoms with Crippen LogP contribution in [0.1, 0.15) is 29.3 Å². The topological polar surface area (TPSA) is 17.1 Å². The summed E-state index contributed by atoms with van der Waals surface area (Å²) in [7, 11) is 0. The predicted molar refractivity (Wildman–Crippen MR) is 51.4 cm³/mol. The van der Waals surface area contributed by atoms with E-state index in [1.807, 2.05) is 0 Å². The molecule has 0 saturated heterocycles. The van der Waals surface area contributed by atoms with Crippen LogP contribution in [0.4, 0.5) is 8.78 Å². The van der Waals surface area contributed by atoms with Crippen LogP contribution in [-0.2, 0) is 0 Å². The molecule has 0 atom stereocenters. The first-order valence-electron chi connectivity index (χ1n) is 3.72. The molecule has 0 aliphatic carbocycles. The number of ketones is 1. The largest absolute Gasteiger partial charge is 0.294 e. The van der Waals surface area contributed by atoms with Gasteiger partial charge in [0.1, 0.15) is 0 Å². The molecular formula is C9H6Cl2F2O. The van der Waals surface area contributed by atoms with E-state index in [0.717, 1.165) is 6.07 Å². The van der Waals surface area contributed by atoms with Gasteiger partial charge >= 0.3 is 0 Å². The SMILES string of the molecule is CC(=O)c1ccc(C(F)F)c(Cl)c1Cl. The molecule has 0 amide bonds. The molecule has 0 heterocycles. The fourth-order valence-electron chi connectivity index (χ4n) is 1.00. The van der Waals surface area contributed by atoms with Crippen molar-refractivity contribution in [2.75, 3.05) is 0 Å². The van der Waals surface area contributed by atoms with Gasteiger partial charge in [0.2, 0.25) is 0 Å². The fourth-order valence-corrected chi connectivity index (χ4v) is 1.56. The standard InChI is InChI=1S/C9H6Cl2F2O/c1-4(14)5-2-3-6(9(12)13)8(11)7(5)10/h2-3,9H,1H3. The Balaban J connectivity index is 3.33. The number of Topliss-reactive ketones (excluding diaryl/α,β-unsaturated/α-hetero) is 1. The van der Waals surface area contributed by atoms with E-state index in [9.17, 15) is 13.6 Å². The molecule has 0 radical (unpaired) electrons. The smallest absolute Gasteiger partial charge is 0.265 e. The highest BCUT2D eigenvalue weighted by Gasteiger charge is 2.18. The van der Waals surface area contributed by atoms with E-state index < -0.39 is 6.43 Å². The van der Waals surface area contributed by atoms with Gasteiger partial charge in [0.25, 0.3) is 6.43 Å². The fraction of sp³-hybridized carbons (Fsp3) is 0.222. The number of carbonyl (C=O) groups is 1. The van der Waals surface area contributed by atoms with Crippen molar-refractivity contribution in [2.45, 2.75) is 13.3 Å². The number of rotatable bonds is 2. The average molecular weight is 239 g/mol. The molecule has 1 nitrogen and oxygen atoms in total. The zero-order chi connectivity index (χ0) is 10.9. The summed E-state index contributed by atoms with van der Waals surface area (Å²) >= 11 is 11.2. The molecule has 0 aliphatic heterocycles. The maximum absolute atomic E-state index is 12.3. The third-order valence-corrected chi connectivity index (χ3v) is 2.62. The maximum atomic E-state index is 12.3. The van der Waals surface area contributed by atoms with Gasteiger partial charge in [-0.05, 0) is 13.0 Å². The molecule has 0 aliphatic rings. The van der Waals surface area contributed by atoms with E-state index in [1.165, 1.54) is 13.0 Å². The second-order valence-corrected chi connectivity index (χ2v) is 3.44. The van der Waals surface area contributed by atoms with Gasteiger partial charge in [-0.25, -0.2) is 8.78 Å². The van der Waals surface area contributed by atoms with Gasteiger partial charge in [-0.3, -0.25) is 4.79 Å². The van der Waals surface area contributed by atoms with Crippen molar-refractivity contribution in [2.24, 2.45) is 0 Å². The van der Waals surface area contributed by atoms with Gasteiger partial charge in [0.15, 0.2) is 5.78 Å². The molecule has 5 heteroatoms. The molecular weight excluding hydrogens is 233 g/mol. The van der Waals surface area contributed by atoms with Crippen LogP contribution in [-0.4, -0.2) is 5.78 Å². The van der Waals surface area contributed by atoms with Gasteiger partial charge in [-0.15, -0.1) is 0 Å². The molecule has 14 heavy (non-hydrogen) atoms. The summed E-state index contributed by atoms with van der Waals surface area (Å²) in [5.41, 5.74) is -0.206. The number of alkyl halides is 2. The minimum atomic E-state index is -2.69. The Labute approximate surface area is 89.6 Å². The van der Waals surface area contributed by atoms with E-state index in [4.69, 9.17) is 23.2 Å². The molecule has 1 aromatic carbocycles. The van der Waals surface area contributed by atoms with Crippen molar-refractivity contribution >= 4 is 29.0 Å². The third kappa shape index (κ3) is 2.04. The Morgan fingerprint density at radius 1 is 1.29 bits per heavy atom. The van der Waals surface area contributed by atoms with Gasteiger partial charge in [0.05, 0.1) is 10.0 Å². The normalized spacial score (nSPS) is 10.7. The van der Waals surface area contributed by atoms with Gasteiger partial charge in [0, 0.05) is 11.1 Å². The van der Waals surface area contributed by atoms with Crippen molar-refractivity contribution in [3.63, 3.8) is 0 Å². The van der Waals surface area contributed by atoms with Crippen LogP contribution in [0.2, 0.25) is 10.0 Å². The van der Waals surface area contributed by atoms with Crippen LogP contribution in [0.15, 0.2) is 12.1 Å². The van der Waals surface area contributed by atoms with Gasteiger partial charge in [-0.1, -0.05) is 29.3 Å². The molecule has 0 fully saturated rings. The molecule has 0 spiro atoms. The van der Waals surface area contributed by atoms with Crippen LogP contribution < -0.4 is 0 Å². The van der Waals surface area contributed by atoms with Crippen LogP contribution in [0.3, 0.4) is 0 Å². The lowest BCUT2D eigenvalue weighted by molar-refractivity contribution is 0.101. The summed E-state index contributed by atoms with van der Waals surface area (Å²) in [6, 6.07) is 2.35. The minimum absolute atomic E-state index is 0.114. The van der Waals surface area contributed by atoms with Gasteiger partial charge in [-0.2, -0.15) is 0 Å². The Hall–Kier alpha value is -0.670. The third-order valence-electron chi connectivity index (χ3n) is 1.73. The highest BCUT2D eigenvalue weighted by Crippen LogP contribution is 2.34. The van der Waals surface area contributed by atoms with Crippen molar-refractivity contribution in [1.82, 2.24) is 0 Å². The number of hydrogen-bond donors (Lipinski definition) is 0. The molecule has 0 N–H and O–H groups in total. The Morgan fingerprint density at radius 2 is 1.86 bits per heavy atom. The van der Waals surface area contributed by atoms with Crippen LogP contribution in [0, 0.1) is 0 Å². The number of hydrogen-bond acceptors (Lipinski definition) is 1. The highest BCUT2D eigenvalue weighted by atomic mass is 35.5. The molecule has 0 bridgehead atoms. The van der Waals surface area contributed by atoms with E-state index in [0.29, 0.717) is 0 Å². The summed E-state index contributed by atoms with van der Waals surface area (Å²) in [5, 5.41) is -0.369. The van der Waals surface area contributed by atoms with Crippen molar-refractivity contribution in [3.8, 4) is 0 Å². The monoisotopic (exact) mass is 238 g/mol. The van der Waals surface area contributed by atoms with Crippen molar-refractivity contribution in [3.05, 3.63) is 33.3 Å². The quantitative estimate of drug-likeness (QED) is 0.709. The van der Waals surface area contributed by atoms with Crippen LogP contribution in [0.25, 0.3) is 0 Å². The summed E-state index contributed by atoms with van der Waals surface area (Å²) in [6.45, 7) is 1.29. The number of benzene rings is 1. The first-order valence-corrected chi connectivity index (χ1v) is 4.47. The lowest BCUT2D eigenvalue weighted by atomic mass is 10.1. The number of carbonyl (C=O) groups excluding carboxylic acids is 1. The van der Waals surface area contributed by atoms with Crippen molar-refractivity contribution < 1.29 is 13.6 Å². The minimum Gasteiger partial charge on any atom is -0.294 e. The van der Waals surface area contributed by atoms with E-state index in [2.05, 4.69) is 0 Å². The van der Waals surface area contributed by atoms with Crippen molar-refractivity contribution in [1.29, 1.82) is 0 Å². The number of halogens is 4. The molecule has 1 rings (SSSR count). The summed E-state index contributed by atoms with van der Waals surface area (Å²) in [4.78, 5) is 11.0. The Bertz CT molecular complexity index is 377. The molecule has 1 aromatic rings. The molecule has 0 aromatic heterocycles. The zero-order valence-corrected chi connectivity index (χ0v) is 8.66. The van der Waals surface area contributed by atoms with Gasteiger partial charge < -0.3 is 0 Å². The first-order chi connectivity index (χ1) is 6.45. The predicted octanol–water partition coefficient (Wildman–Crippen LogP) is 4.13.